The fourth-order valence-electron chi connectivity index (χ4n) is 0.364. The zero-order chi connectivity index (χ0) is 7.33. The van der Waals surface area contributed by atoms with Crippen LogP contribution in [0.5, 0.6) is 0 Å². The summed E-state index contributed by atoms with van der Waals surface area (Å²) in [4.78, 5) is 9.18. The normalized spacial score (nSPS) is 15.5. The molecule has 6 heteroatoms. The maximum absolute atomic E-state index is 9.18. The first kappa shape index (κ1) is 14.1. The van der Waals surface area contributed by atoms with Crippen molar-refractivity contribution in [1.29, 1.82) is 0 Å². The second-order valence-electron chi connectivity index (χ2n) is 1.30. The zero-order valence-corrected chi connectivity index (χ0v) is 9.93. The van der Waals surface area contributed by atoms with E-state index in [4.69, 9.17) is 16.3 Å². The number of hydrogen-bond donors (Lipinski definition) is 1. The first-order chi connectivity index (χ1) is 4.12. The van der Waals surface area contributed by atoms with Gasteiger partial charge in [0.1, 0.15) is 0 Å². The van der Waals surface area contributed by atoms with Gasteiger partial charge in [-0.2, -0.15) is 0 Å². The minimum atomic E-state index is -2.44. The molecule has 10 heavy (non-hydrogen) atoms. The fraction of sp³-hybridized carbons (Fsp3) is 1.00. The molecule has 0 fully saturated rings. The first-order valence-electron chi connectivity index (χ1n) is 2.74. The monoisotopic (exact) mass is 292 g/mol. The van der Waals surface area contributed by atoms with Crippen LogP contribution in [0.4, 0.5) is 0 Å². The van der Waals surface area contributed by atoms with Crippen LogP contribution in [0, 0.1) is 0 Å². The van der Waals surface area contributed by atoms with Gasteiger partial charge in [0.25, 0.3) is 0 Å². The molecule has 0 spiro atoms. The van der Waals surface area contributed by atoms with Crippen LogP contribution < -0.4 is 0 Å². The van der Waals surface area contributed by atoms with Gasteiger partial charge in [-0.25, -0.2) is 0 Å². The van der Waals surface area contributed by atoms with Crippen LogP contribution in [0.25, 0.3) is 0 Å². The minimum absolute atomic E-state index is 0. The standard InChI is InChI=1S/C4H11O2PS2.Pd/c1-3-6-7(5,8)9-4-2;/h3-4H2,1-2H3,(H,5,8);. The zero-order valence-electron chi connectivity index (χ0n) is 5.85. The number of hydrogen-bond acceptors (Lipinski definition) is 3. The molecule has 0 aromatic carbocycles. The van der Waals surface area contributed by atoms with E-state index in [1.807, 2.05) is 13.8 Å². The molecule has 0 aromatic heterocycles. The Bertz CT molecular complexity index is 112. The smallest absolute Gasteiger partial charge is 0.244 e. The molecule has 0 radical (unpaired) electrons. The maximum atomic E-state index is 9.18. The Morgan fingerprint density at radius 1 is 1.60 bits per heavy atom. The molecule has 1 N–H and O–H groups in total. The van der Waals surface area contributed by atoms with Gasteiger partial charge in [0.05, 0.1) is 6.61 Å². The second kappa shape index (κ2) is 7.24. The van der Waals surface area contributed by atoms with Gasteiger partial charge >= 0.3 is 0 Å². The third kappa shape index (κ3) is 7.69. The quantitative estimate of drug-likeness (QED) is 0.634. The van der Waals surface area contributed by atoms with E-state index >= 15 is 0 Å². The van der Waals surface area contributed by atoms with Crippen molar-refractivity contribution in [2.45, 2.75) is 13.8 Å². The molecule has 66 valence electrons. The summed E-state index contributed by atoms with van der Waals surface area (Å²) in [5.41, 5.74) is -2.44. The van der Waals surface area contributed by atoms with Crippen molar-refractivity contribution in [3.63, 3.8) is 0 Å². The molecule has 1 unspecified atom stereocenters. The minimum Gasteiger partial charge on any atom is -0.337 e. The predicted molar refractivity (Wildman–Crippen MR) is 46.3 cm³/mol. The van der Waals surface area contributed by atoms with Gasteiger partial charge in [0.2, 0.25) is 5.69 Å². The van der Waals surface area contributed by atoms with Crippen LogP contribution >= 0.6 is 17.1 Å². The molecule has 0 amide bonds. The van der Waals surface area contributed by atoms with Gasteiger partial charge in [-0.3, -0.25) is 0 Å². The first-order valence-corrected chi connectivity index (χ1v) is 7.00. The summed E-state index contributed by atoms with van der Waals surface area (Å²) in [6, 6.07) is 0. The molecule has 0 rings (SSSR count). The van der Waals surface area contributed by atoms with Crippen molar-refractivity contribution >= 4 is 28.9 Å². The summed E-state index contributed by atoms with van der Waals surface area (Å²) in [6.07, 6.45) is 0. The number of rotatable bonds is 4. The molecule has 0 aliphatic carbocycles. The van der Waals surface area contributed by atoms with Crippen LogP contribution in [0.2, 0.25) is 0 Å². The third-order valence-electron chi connectivity index (χ3n) is 0.584. The van der Waals surface area contributed by atoms with Gasteiger partial charge in [0.15, 0.2) is 0 Å². The van der Waals surface area contributed by atoms with Gasteiger partial charge in [-0.1, -0.05) is 18.3 Å². The topological polar surface area (TPSA) is 29.5 Å². The Kier molecular flexibility index (Phi) is 10.2. The van der Waals surface area contributed by atoms with E-state index in [-0.39, 0.29) is 20.4 Å². The van der Waals surface area contributed by atoms with Crippen molar-refractivity contribution in [1.82, 2.24) is 0 Å². The summed E-state index contributed by atoms with van der Waals surface area (Å²) in [7, 11) is 0. The molecule has 0 aliphatic rings. The average Bonchev–Trinajstić information content (AvgIpc) is 1.64. The van der Waals surface area contributed by atoms with E-state index in [9.17, 15) is 4.89 Å². The van der Waals surface area contributed by atoms with E-state index < -0.39 is 5.69 Å². The fourth-order valence-corrected chi connectivity index (χ4v) is 3.87. The van der Waals surface area contributed by atoms with E-state index in [0.717, 1.165) is 5.75 Å². The Labute approximate surface area is 84.7 Å². The van der Waals surface area contributed by atoms with E-state index in [0.29, 0.717) is 6.61 Å². The summed E-state index contributed by atoms with van der Waals surface area (Å²) >= 11 is 6.07. The third-order valence-corrected chi connectivity index (χ3v) is 5.09. The van der Waals surface area contributed by atoms with Crippen LogP contribution in [0.3, 0.4) is 0 Å². The van der Waals surface area contributed by atoms with Gasteiger partial charge in [-0.05, 0) is 24.5 Å². The molecule has 2 nitrogen and oxygen atoms in total. The Balaban J connectivity index is 0. The van der Waals surface area contributed by atoms with Gasteiger partial charge < -0.3 is 9.42 Å². The van der Waals surface area contributed by atoms with Gasteiger partial charge in [-0.15, -0.1) is 0 Å². The van der Waals surface area contributed by atoms with Crippen molar-refractivity contribution in [2.75, 3.05) is 12.4 Å². The largest absolute Gasteiger partial charge is 0.337 e. The van der Waals surface area contributed by atoms with Crippen LogP contribution in [-0.2, 0) is 36.8 Å². The Morgan fingerprint density at radius 2 is 2.10 bits per heavy atom. The maximum Gasteiger partial charge on any atom is 0.244 e. The van der Waals surface area contributed by atoms with Crippen molar-refractivity contribution < 1.29 is 29.8 Å². The molecule has 0 bridgehead atoms. The Morgan fingerprint density at radius 3 is 2.40 bits per heavy atom. The summed E-state index contributed by atoms with van der Waals surface area (Å²) in [5, 5.41) is 0. The molecular formula is C4H11O2PPdS2. The molecule has 0 heterocycles. The second-order valence-corrected chi connectivity index (χ2v) is 7.77. The molecule has 0 aromatic rings. The van der Waals surface area contributed by atoms with Crippen LogP contribution in [0.15, 0.2) is 0 Å². The summed E-state index contributed by atoms with van der Waals surface area (Å²) < 4.78 is 4.91. The van der Waals surface area contributed by atoms with Crippen molar-refractivity contribution in [3.8, 4) is 0 Å². The Hall–Kier alpha value is 1.58. The SMILES string of the molecule is CCOP(O)(=S)SCC.[Pd]. The molecular weight excluding hydrogens is 282 g/mol. The van der Waals surface area contributed by atoms with Crippen LogP contribution in [0.1, 0.15) is 13.8 Å². The molecule has 1 atom stereocenters. The van der Waals surface area contributed by atoms with Crippen molar-refractivity contribution in [3.05, 3.63) is 0 Å². The molecule has 0 aliphatic heterocycles. The van der Waals surface area contributed by atoms with E-state index in [1.165, 1.54) is 11.4 Å². The average molecular weight is 293 g/mol. The summed E-state index contributed by atoms with van der Waals surface area (Å²) in [5.74, 6) is 0.813. The van der Waals surface area contributed by atoms with Crippen LogP contribution in [-0.4, -0.2) is 17.3 Å². The van der Waals surface area contributed by atoms with Gasteiger partial charge in [0, 0.05) is 20.4 Å². The van der Waals surface area contributed by atoms with E-state index in [1.54, 1.807) is 0 Å². The molecule has 0 saturated carbocycles. The van der Waals surface area contributed by atoms with E-state index in [2.05, 4.69) is 0 Å². The molecule has 0 saturated heterocycles. The summed E-state index contributed by atoms with van der Waals surface area (Å²) in [6.45, 7) is 4.27. The predicted octanol–water partition coefficient (Wildman–Crippen LogP) is 1.99. The van der Waals surface area contributed by atoms with Crippen molar-refractivity contribution in [2.24, 2.45) is 0 Å².